The molecule has 3 aromatic rings. The fraction of sp³-hybridized carbons (Fsp3) is 0.467. The summed E-state index contributed by atoms with van der Waals surface area (Å²) < 4.78 is 0. The summed E-state index contributed by atoms with van der Waals surface area (Å²) in [5.74, 6) is 0.147. The van der Waals surface area contributed by atoms with Crippen LogP contribution in [0.4, 0.5) is 5.69 Å². The molecule has 5 heteroatoms. The maximum Gasteiger partial charge on any atom is 0.195 e. The molecule has 2 aromatic carbocycles. The Balaban J connectivity index is 1.41. The van der Waals surface area contributed by atoms with Gasteiger partial charge in [0.05, 0.1) is 5.56 Å². The fourth-order valence-corrected chi connectivity index (χ4v) is 6.41. The lowest BCUT2D eigenvalue weighted by molar-refractivity contribution is 0.103. The molecule has 6 rings (SSSR count). The van der Waals surface area contributed by atoms with Gasteiger partial charge in [-0.05, 0) is 54.2 Å². The number of nitrogens with one attached hydrogen (secondary N) is 1. The summed E-state index contributed by atoms with van der Waals surface area (Å²) in [6.07, 6.45) is 6.91. The number of aromatic amines is 1. The number of piperazine rings is 1. The standard InChI is InChI=1S/C30H36N4O/c1-5-20-16-23-24(17-26(20)34-13-11-33(12-14-34)21-7-6-8-21)30(2,3)29-27(28(23)35)22-10-9-19(18-31-4)15-25(22)32-29/h9-10,15-18,21,32H,5-8,11-14H2,1-4H3/b31-18-. The molecule has 2 aliphatic carbocycles. The molecule has 182 valence electrons. The Morgan fingerprint density at radius 2 is 1.89 bits per heavy atom. The summed E-state index contributed by atoms with van der Waals surface area (Å²) in [6.45, 7) is 11.1. The largest absolute Gasteiger partial charge is 0.369 e. The molecule has 0 spiro atoms. The van der Waals surface area contributed by atoms with E-state index in [1.54, 1.807) is 7.05 Å². The van der Waals surface area contributed by atoms with Crippen LogP contribution in [0.5, 0.6) is 0 Å². The first-order valence-electron chi connectivity index (χ1n) is 13.2. The second-order valence-electron chi connectivity index (χ2n) is 11.0. The van der Waals surface area contributed by atoms with Crippen molar-refractivity contribution >= 4 is 28.6 Å². The van der Waals surface area contributed by atoms with Crippen molar-refractivity contribution < 1.29 is 4.79 Å². The highest BCUT2D eigenvalue weighted by Gasteiger charge is 2.40. The van der Waals surface area contributed by atoms with Gasteiger partial charge in [-0.2, -0.15) is 0 Å². The first-order chi connectivity index (χ1) is 16.9. The zero-order chi connectivity index (χ0) is 24.3. The Labute approximate surface area is 208 Å². The van der Waals surface area contributed by atoms with E-state index in [1.165, 1.54) is 30.5 Å². The molecule has 0 amide bonds. The number of benzene rings is 2. The highest BCUT2D eigenvalue weighted by atomic mass is 16.1. The van der Waals surface area contributed by atoms with Crippen LogP contribution in [0.15, 0.2) is 35.3 Å². The third kappa shape index (κ3) is 3.47. The van der Waals surface area contributed by atoms with Crippen LogP contribution >= 0.6 is 0 Å². The van der Waals surface area contributed by atoms with Gasteiger partial charge in [0, 0.05) is 78.7 Å². The molecule has 2 fully saturated rings. The van der Waals surface area contributed by atoms with Crippen molar-refractivity contribution in [3.05, 3.63) is 63.8 Å². The number of aromatic nitrogens is 1. The molecule has 35 heavy (non-hydrogen) atoms. The minimum atomic E-state index is -0.286. The number of fused-ring (bicyclic) bond motifs is 4. The van der Waals surface area contributed by atoms with Gasteiger partial charge in [0.1, 0.15) is 0 Å². The van der Waals surface area contributed by atoms with E-state index in [0.29, 0.717) is 0 Å². The number of aliphatic imine (C=N–C) groups is 1. The van der Waals surface area contributed by atoms with E-state index in [4.69, 9.17) is 0 Å². The molecule has 3 aliphatic rings. The number of carbonyl (C=O) groups excluding carboxylic acids is 1. The third-order valence-corrected chi connectivity index (χ3v) is 8.72. The maximum atomic E-state index is 13.9. The number of anilines is 1. The zero-order valence-electron chi connectivity index (χ0n) is 21.4. The molecular weight excluding hydrogens is 432 g/mol. The predicted octanol–water partition coefficient (Wildman–Crippen LogP) is 5.32. The molecule has 0 radical (unpaired) electrons. The van der Waals surface area contributed by atoms with Crippen molar-refractivity contribution in [3.63, 3.8) is 0 Å². The highest BCUT2D eigenvalue weighted by Crippen LogP contribution is 2.46. The molecule has 1 aliphatic heterocycles. The van der Waals surface area contributed by atoms with E-state index in [2.05, 4.69) is 64.8 Å². The maximum absolute atomic E-state index is 13.9. The van der Waals surface area contributed by atoms with Crippen molar-refractivity contribution in [2.45, 2.75) is 57.9 Å². The average molecular weight is 469 g/mol. The summed E-state index contributed by atoms with van der Waals surface area (Å²) in [4.78, 5) is 27.0. The van der Waals surface area contributed by atoms with E-state index < -0.39 is 0 Å². The molecule has 0 unspecified atom stereocenters. The van der Waals surface area contributed by atoms with Crippen LogP contribution in [0.1, 0.15) is 78.3 Å². The van der Waals surface area contributed by atoms with Crippen LogP contribution in [0, 0.1) is 0 Å². The van der Waals surface area contributed by atoms with Crippen molar-refractivity contribution in [2.75, 3.05) is 38.1 Å². The quantitative estimate of drug-likeness (QED) is 0.527. The summed E-state index contributed by atoms with van der Waals surface area (Å²) in [7, 11) is 1.78. The lowest BCUT2D eigenvalue weighted by Gasteiger charge is -2.44. The molecule has 1 aromatic heterocycles. The van der Waals surface area contributed by atoms with Crippen LogP contribution in [-0.2, 0) is 11.8 Å². The Hall–Kier alpha value is -2.92. The molecule has 0 atom stereocenters. The van der Waals surface area contributed by atoms with Gasteiger partial charge >= 0.3 is 0 Å². The number of rotatable bonds is 4. The average Bonchev–Trinajstić information content (AvgIpc) is 3.22. The van der Waals surface area contributed by atoms with Crippen molar-refractivity contribution in [2.24, 2.45) is 4.99 Å². The van der Waals surface area contributed by atoms with Crippen LogP contribution < -0.4 is 4.90 Å². The molecular formula is C30H36N4O. The SMILES string of the molecule is CCc1cc2c(cc1N1CCN(C3CCC3)CC1)C(C)(C)c1[nH]c3cc(/C=N\C)ccc3c1C2=O. The van der Waals surface area contributed by atoms with Gasteiger partial charge in [-0.1, -0.05) is 39.3 Å². The summed E-state index contributed by atoms with van der Waals surface area (Å²) in [5, 5.41) is 1.01. The molecule has 1 saturated heterocycles. The lowest BCUT2D eigenvalue weighted by Crippen LogP contribution is -2.52. The second kappa shape index (κ2) is 8.34. The number of hydrogen-bond acceptors (Lipinski definition) is 4. The summed E-state index contributed by atoms with van der Waals surface area (Å²) in [6, 6.07) is 11.6. The zero-order valence-corrected chi connectivity index (χ0v) is 21.4. The van der Waals surface area contributed by atoms with E-state index in [0.717, 1.165) is 77.5 Å². The minimum Gasteiger partial charge on any atom is -0.369 e. The first kappa shape index (κ1) is 22.5. The molecule has 5 nitrogen and oxygen atoms in total. The highest BCUT2D eigenvalue weighted by molar-refractivity contribution is 6.20. The van der Waals surface area contributed by atoms with E-state index >= 15 is 0 Å². The molecule has 0 bridgehead atoms. The van der Waals surface area contributed by atoms with Crippen molar-refractivity contribution in [1.82, 2.24) is 9.88 Å². The molecule has 1 saturated carbocycles. The normalized spacial score (nSPS) is 20.3. The Morgan fingerprint density at radius 3 is 2.54 bits per heavy atom. The number of ketones is 1. The van der Waals surface area contributed by atoms with Gasteiger partial charge in [0.25, 0.3) is 0 Å². The summed E-state index contributed by atoms with van der Waals surface area (Å²) in [5.41, 5.74) is 8.24. The van der Waals surface area contributed by atoms with Gasteiger partial charge in [0.2, 0.25) is 0 Å². The molecule has 1 N–H and O–H groups in total. The van der Waals surface area contributed by atoms with E-state index in [9.17, 15) is 4.79 Å². The van der Waals surface area contributed by atoms with E-state index in [-0.39, 0.29) is 11.2 Å². The topological polar surface area (TPSA) is 51.7 Å². The molecule has 2 heterocycles. The predicted molar refractivity (Wildman–Crippen MR) is 145 cm³/mol. The van der Waals surface area contributed by atoms with Gasteiger partial charge in [-0.25, -0.2) is 0 Å². The van der Waals surface area contributed by atoms with Crippen LogP contribution in [0.2, 0.25) is 0 Å². The second-order valence-corrected chi connectivity index (χ2v) is 11.0. The Morgan fingerprint density at radius 1 is 1.11 bits per heavy atom. The van der Waals surface area contributed by atoms with Crippen LogP contribution in [-0.4, -0.2) is 61.2 Å². The Bertz CT molecular complexity index is 1340. The number of carbonyl (C=O) groups is 1. The smallest absolute Gasteiger partial charge is 0.195 e. The lowest BCUT2D eigenvalue weighted by atomic mass is 9.70. The number of hydrogen-bond donors (Lipinski definition) is 1. The van der Waals surface area contributed by atoms with Crippen LogP contribution in [0.3, 0.4) is 0 Å². The van der Waals surface area contributed by atoms with Crippen molar-refractivity contribution in [3.8, 4) is 0 Å². The minimum absolute atomic E-state index is 0.147. The number of nitrogens with zero attached hydrogens (tertiary/aromatic N) is 3. The van der Waals surface area contributed by atoms with Gasteiger partial charge < -0.3 is 9.88 Å². The van der Waals surface area contributed by atoms with Crippen LogP contribution in [0.25, 0.3) is 10.9 Å². The Kier molecular flexibility index (Phi) is 5.37. The fourth-order valence-electron chi connectivity index (χ4n) is 6.41. The van der Waals surface area contributed by atoms with E-state index in [1.807, 2.05) is 12.3 Å². The van der Waals surface area contributed by atoms with Crippen molar-refractivity contribution in [1.29, 1.82) is 0 Å². The van der Waals surface area contributed by atoms with Gasteiger partial charge in [-0.15, -0.1) is 0 Å². The number of H-pyrrole nitrogens is 1. The van der Waals surface area contributed by atoms with Gasteiger partial charge in [-0.3, -0.25) is 14.7 Å². The number of aryl methyl sites for hydroxylation is 1. The third-order valence-electron chi connectivity index (χ3n) is 8.72. The monoisotopic (exact) mass is 468 g/mol. The van der Waals surface area contributed by atoms with Gasteiger partial charge in [0.15, 0.2) is 5.78 Å². The summed E-state index contributed by atoms with van der Waals surface area (Å²) >= 11 is 0. The first-order valence-corrected chi connectivity index (χ1v) is 13.2.